The molecule has 8 heteroatoms. The third-order valence-corrected chi connectivity index (χ3v) is 4.70. The number of hydrogen-bond acceptors (Lipinski definition) is 4. The first kappa shape index (κ1) is 21.8. The van der Waals surface area contributed by atoms with Crippen molar-refractivity contribution in [2.75, 3.05) is 20.3 Å². The summed E-state index contributed by atoms with van der Waals surface area (Å²) in [6.45, 7) is 2.55. The molecule has 28 heavy (non-hydrogen) atoms. The van der Waals surface area contributed by atoms with Crippen LogP contribution < -0.4 is 10.1 Å². The average molecular weight is 456 g/mol. The highest BCUT2D eigenvalue weighted by Crippen LogP contribution is 2.34. The molecule has 1 N–H and O–H groups in total. The molecule has 1 aliphatic heterocycles. The van der Waals surface area contributed by atoms with Crippen molar-refractivity contribution in [3.8, 4) is 5.75 Å². The van der Waals surface area contributed by atoms with Gasteiger partial charge in [0.25, 0.3) is 5.91 Å². The fourth-order valence-corrected chi connectivity index (χ4v) is 3.10. The molecule has 0 unspecified atom stereocenters. The second-order valence-electron chi connectivity index (χ2n) is 5.98. The number of benzene rings is 2. The fraction of sp³-hybridized carbons (Fsp3) is 0.300. The van der Waals surface area contributed by atoms with E-state index in [0.717, 1.165) is 55.0 Å². The van der Waals surface area contributed by atoms with E-state index in [1.807, 2.05) is 5.32 Å². The van der Waals surface area contributed by atoms with Crippen LogP contribution in [0.15, 0.2) is 34.8 Å². The number of rotatable bonds is 3. The van der Waals surface area contributed by atoms with E-state index in [2.05, 4.69) is 39.7 Å². The number of carbonyl (C=O) groups excluding carboxylic acids is 2. The number of carbonyl (C=O) groups is 2. The van der Waals surface area contributed by atoms with E-state index in [1.54, 1.807) is 0 Å². The molecule has 0 radical (unpaired) electrons. The van der Waals surface area contributed by atoms with Gasteiger partial charge in [0.1, 0.15) is 29.5 Å². The number of aryl methyl sites for hydroxylation is 1. The van der Waals surface area contributed by atoms with Crippen molar-refractivity contribution in [3.63, 3.8) is 0 Å². The average Bonchev–Trinajstić information content (AvgIpc) is 2.69. The SMILES string of the molecule is COC(=O)CNC(=O)c1c(F)cccc1F.Cc1ccc(Br)c2c1CCCO2. The normalized spacial score (nSPS) is 12.0. The molecule has 150 valence electrons. The van der Waals surface area contributed by atoms with Crippen molar-refractivity contribution in [3.05, 3.63) is 63.1 Å². The van der Waals surface area contributed by atoms with E-state index in [-0.39, 0.29) is 0 Å². The predicted molar refractivity (Wildman–Crippen MR) is 103 cm³/mol. The molecule has 3 rings (SSSR count). The minimum Gasteiger partial charge on any atom is -0.492 e. The highest BCUT2D eigenvalue weighted by molar-refractivity contribution is 9.10. The van der Waals surface area contributed by atoms with Crippen LogP contribution in [0.25, 0.3) is 0 Å². The van der Waals surface area contributed by atoms with E-state index in [4.69, 9.17) is 4.74 Å². The Labute approximate surface area is 170 Å². The van der Waals surface area contributed by atoms with E-state index in [1.165, 1.54) is 11.1 Å². The summed E-state index contributed by atoms with van der Waals surface area (Å²) in [6, 6.07) is 7.24. The summed E-state index contributed by atoms with van der Waals surface area (Å²) in [7, 11) is 1.14. The molecule has 0 atom stereocenters. The van der Waals surface area contributed by atoms with Gasteiger partial charge in [-0.3, -0.25) is 9.59 Å². The van der Waals surface area contributed by atoms with Gasteiger partial charge >= 0.3 is 5.97 Å². The van der Waals surface area contributed by atoms with Crippen molar-refractivity contribution in [2.24, 2.45) is 0 Å². The minimum atomic E-state index is -0.999. The molecular formula is C20H20BrF2NO4. The van der Waals surface area contributed by atoms with Crippen molar-refractivity contribution in [1.82, 2.24) is 5.32 Å². The largest absolute Gasteiger partial charge is 0.492 e. The highest BCUT2D eigenvalue weighted by Gasteiger charge is 2.17. The Morgan fingerprint density at radius 3 is 2.50 bits per heavy atom. The molecule has 0 spiro atoms. The van der Waals surface area contributed by atoms with Crippen LogP contribution in [0.1, 0.15) is 27.9 Å². The van der Waals surface area contributed by atoms with Crippen LogP contribution in [0.3, 0.4) is 0 Å². The van der Waals surface area contributed by atoms with Gasteiger partial charge in [0, 0.05) is 0 Å². The Bertz CT molecular complexity index is 822. The maximum atomic E-state index is 13.1. The molecule has 1 heterocycles. The molecule has 0 aromatic heterocycles. The number of methoxy groups -OCH3 is 1. The maximum Gasteiger partial charge on any atom is 0.325 e. The van der Waals surface area contributed by atoms with Gasteiger partial charge in [0.2, 0.25) is 0 Å². The van der Waals surface area contributed by atoms with Gasteiger partial charge in [0.05, 0.1) is 18.2 Å². The van der Waals surface area contributed by atoms with Gasteiger partial charge in [-0.1, -0.05) is 12.1 Å². The fourth-order valence-electron chi connectivity index (χ4n) is 2.62. The molecule has 0 saturated heterocycles. The zero-order chi connectivity index (χ0) is 20.7. The lowest BCUT2D eigenvalue weighted by Gasteiger charge is -2.20. The molecule has 0 fully saturated rings. The van der Waals surface area contributed by atoms with Crippen LogP contribution in [-0.4, -0.2) is 32.1 Å². The summed E-state index contributed by atoms with van der Waals surface area (Å²) in [5, 5.41) is 2.04. The number of nitrogens with one attached hydrogen (secondary N) is 1. The summed E-state index contributed by atoms with van der Waals surface area (Å²) in [6.07, 6.45) is 2.30. The first-order valence-corrected chi connectivity index (χ1v) is 9.34. The molecule has 5 nitrogen and oxygen atoms in total. The molecule has 2 aromatic carbocycles. The van der Waals surface area contributed by atoms with Gasteiger partial charge in [-0.05, 0) is 65.0 Å². The summed E-state index contributed by atoms with van der Waals surface area (Å²) < 4.78 is 37.1. The van der Waals surface area contributed by atoms with Gasteiger partial charge in [-0.15, -0.1) is 0 Å². The zero-order valence-electron chi connectivity index (χ0n) is 15.5. The maximum absolute atomic E-state index is 13.1. The van der Waals surface area contributed by atoms with E-state index in [0.29, 0.717) is 0 Å². The zero-order valence-corrected chi connectivity index (χ0v) is 17.1. The molecule has 0 bridgehead atoms. The molecule has 0 saturated carbocycles. The van der Waals surface area contributed by atoms with Crippen LogP contribution in [0.2, 0.25) is 0 Å². The number of esters is 1. The van der Waals surface area contributed by atoms with Gasteiger partial charge in [-0.25, -0.2) is 8.78 Å². The molecule has 0 aliphatic carbocycles. The lowest BCUT2D eigenvalue weighted by Crippen LogP contribution is -2.31. The van der Waals surface area contributed by atoms with Crippen molar-refractivity contribution >= 4 is 27.8 Å². The lowest BCUT2D eigenvalue weighted by molar-refractivity contribution is -0.139. The van der Waals surface area contributed by atoms with Crippen LogP contribution >= 0.6 is 15.9 Å². The lowest BCUT2D eigenvalue weighted by atomic mass is 10.0. The van der Waals surface area contributed by atoms with E-state index < -0.39 is 35.6 Å². The van der Waals surface area contributed by atoms with Crippen LogP contribution in [-0.2, 0) is 16.0 Å². The summed E-state index contributed by atoms with van der Waals surface area (Å²) in [5.74, 6) is -2.61. The quantitative estimate of drug-likeness (QED) is 0.711. The minimum absolute atomic E-state index is 0.441. The molecule has 2 aromatic rings. The summed E-state index contributed by atoms with van der Waals surface area (Å²) >= 11 is 3.49. The molecule has 1 amide bonds. The van der Waals surface area contributed by atoms with Gasteiger partial charge in [-0.2, -0.15) is 0 Å². The van der Waals surface area contributed by atoms with Gasteiger partial charge in [0.15, 0.2) is 0 Å². The number of hydrogen-bond donors (Lipinski definition) is 1. The van der Waals surface area contributed by atoms with Crippen molar-refractivity contribution in [1.29, 1.82) is 0 Å². The Morgan fingerprint density at radius 2 is 1.89 bits per heavy atom. The standard InChI is InChI=1S/C10H11BrO.C10H9F2NO3/c1-7-4-5-9(11)10-8(7)3-2-6-12-10;1-16-8(14)5-13-10(15)9-6(11)3-2-4-7(9)12/h4-5H,2-3,6H2,1H3;2-4H,5H2,1H3,(H,13,15). The van der Waals surface area contributed by atoms with Crippen LogP contribution in [0.4, 0.5) is 8.78 Å². The third-order valence-electron chi connectivity index (χ3n) is 4.07. The van der Waals surface area contributed by atoms with Gasteiger partial charge < -0.3 is 14.8 Å². The Hall–Kier alpha value is -2.48. The number of ether oxygens (including phenoxy) is 2. The van der Waals surface area contributed by atoms with E-state index in [9.17, 15) is 18.4 Å². The second-order valence-corrected chi connectivity index (χ2v) is 6.83. The first-order chi connectivity index (χ1) is 13.3. The molecular weight excluding hydrogens is 436 g/mol. The Balaban J connectivity index is 0.000000207. The monoisotopic (exact) mass is 455 g/mol. The number of fused-ring (bicyclic) bond motifs is 1. The van der Waals surface area contributed by atoms with Crippen LogP contribution in [0, 0.1) is 18.6 Å². The topological polar surface area (TPSA) is 64.6 Å². The smallest absolute Gasteiger partial charge is 0.325 e. The first-order valence-electron chi connectivity index (χ1n) is 8.55. The number of halogens is 3. The van der Waals surface area contributed by atoms with Crippen molar-refractivity contribution in [2.45, 2.75) is 19.8 Å². The highest BCUT2D eigenvalue weighted by atomic mass is 79.9. The Morgan fingerprint density at radius 1 is 1.21 bits per heavy atom. The second kappa shape index (κ2) is 10.2. The number of amides is 1. The van der Waals surface area contributed by atoms with Crippen LogP contribution in [0.5, 0.6) is 5.75 Å². The predicted octanol–water partition coefficient (Wildman–Crippen LogP) is 3.95. The van der Waals surface area contributed by atoms with E-state index >= 15 is 0 Å². The molecule has 1 aliphatic rings. The summed E-state index contributed by atoms with van der Waals surface area (Å²) in [5.41, 5.74) is 2.00. The van der Waals surface area contributed by atoms with Crippen molar-refractivity contribution < 1.29 is 27.8 Å². The Kier molecular flexibility index (Phi) is 7.92. The third kappa shape index (κ3) is 5.51. The summed E-state index contributed by atoms with van der Waals surface area (Å²) in [4.78, 5) is 22.0.